The van der Waals surface area contributed by atoms with Gasteiger partial charge in [0.05, 0.1) is 17.3 Å². The molecule has 2 nitrogen and oxygen atoms in total. The van der Waals surface area contributed by atoms with Crippen molar-refractivity contribution in [2.75, 3.05) is 0 Å². The zero-order valence-corrected chi connectivity index (χ0v) is 14.6. The van der Waals surface area contributed by atoms with Crippen molar-refractivity contribution in [2.45, 2.75) is 32.6 Å². The van der Waals surface area contributed by atoms with E-state index in [9.17, 15) is 0 Å². The van der Waals surface area contributed by atoms with Gasteiger partial charge in [-0.25, -0.2) is 0 Å². The first-order valence-corrected chi connectivity index (χ1v) is 8.86. The minimum atomic E-state index is 0.666. The van der Waals surface area contributed by atoms with Crippen LogP contribution in [0.5, 0.6) is 0 Å². The third-order valence-electron chi connectivity index (χ3n) is 4.43. The molecule has 0 bridgehead atoms. The van der Waals surface area contributed by atoms with Crippen molar-refractivity contribution < 1.29 is 0 Å². The van der Waals surface area contributed by atoms with Gasteiger partial charge in [0.25, 0.3) is 0 Å². The van der Waals surface area contributed by atoms with Crippen molar-refractivity contribution in [3.8, 4) is 28.5 Å². The van der Waals surface area contributed by atoms with Crippen LogP contribution in [0, 0.1) is 11.3 Å². The molecular formula is C23H22N2. The van der Waals surface area contributed by atoms with Gasteiger partial charge in [-0.3, -0.25) is 4.98 Å². The molecule has 0 fully saturated rings. The van der Waals surface area contributed by atoms with Gasteiger partial charge < -0.3 is 0 Å². The van der Waals surface area contributed by atoms with Crippen LogP contribution in [0.4, 0.5) is 0 Å². The summed E-state index contributed by atoms with van der Waals surface area (Å²) in [4.78, 5) is 4.58. The van der Waals surface area contributed by atoms with Crippen molar-refractivity contribution >= 4 is 0 Å². The van der Waals surface area contributed by atoms with Gasteiger partial charge in [0, 0.05) is 17.3 Å². The van der Waals surface area contributed by atoms with Crippen LogP contribution >= 0.6 is 0 Å². The van der Waals surface area contributed by atoms with Crippen LogP contribution in [0.1, 0.15) is 37.3 Å². The summed E-state index contributed by atoms with van der Waals surface area (Å²) < 4.78 is 0. The molecule has 0 saturated carbocycles. The molecule has 124 valence electrons. The van der Waals surface area contributed by atoms with Crippen molar-refractivity contribution in [1.82, 2.24) is 4.98 Å². The Morgan fingerprint density at radius 1 is 0.800 bits per heavy atom. The van der Waals surface area contributed by atoms with E-state index in [4.69, 9.17) is 5.26 Å². The van der Waals surface area contributed by atoms with E-state index in [1.54, 1.807) is 0 Å². The Kier molecular flexibility index (Phi) is 5.59. The summed E-state index contributed by atoms with van der Waals surface area (Å²) in [7, 11) is 0. The van der Waals surface area contributed by atoms with Crippen LogP contribution in [0.15, 0.2) is 66.9 Å². The highest BCUT2D eigenvalue weighted by molar-refractivity contribution is 5.67. The monoisotopic (exact) mass is 326 g/mol. The fourth-order valence-corrected chi connectivity index (χ4v) is 2.89. The van der Waals surface area contributed by atoms with E-state index < -0.39 is 0 Å². The Labute approximate surface area is 149 Å². The molecule has 0 aliphatic rings. The minimum Gasteiger partial charge on any atom is -0.256 e. The molecule has 0 radical (unpaired) electrons. The Hall–Kier alpha value is -2.92. The molecule has 2 heteroatoms. The van der Waals surface area contributed by atoms with Gasteiger partial charge in [0.2, 0.25) is 0 Å². The van der Waals surface area contributed by atoms with Crippen molar-refractivity contribution in [2.24, 2.45) is 0 Å². The Morgan fingerprint density at radius 2 is 1.48 bits per heavy atom. The summed E-state index contributed by atoms with van der Waals surface area (Å²) in [5, 5.41) is 8.88. The first kappa shape index (κ1) is 16.9. The van der Waals surface area contributed by atoms with Crippen molar-refractivity contribution in [3.05, 3.63) is 78.0 Å². The Morgan fingerprint density at radius 3 is 2.08 bits per heavy atom. The lowest BCUT2D eigenvalue weighted by molar-refractivity contribution is 0.717. The van der Waals surface area contributed by atoms with Crippen LogP contribution in [0.25, 0.3) is 22.4 Å². The summed E-state index contributed by atoms with van der Waals surface area (Å²) >= 11 is 0. The lowest BCUT2D eigenvalue weighted by Gasteiger charge is -2.06. The number of nitriles is 1. The van der Waals surface area contributed by atoms with E-state index in [-0.39, 0.29) is 0 Å². The summed E-state index contributed by atoms with van der Waals surface area (Å²) in [6.07, 6.45) is 6.89. The lowest BCUT2D eigenvalue weighted by Crippen LogP contribution is -1.88. The van der Waals surface area contributed by atoms with Gasteiger partial charge in [-0.1, -0.05) is 62.2 Å². The first-order chi connectivity index (χ1) is 12.3. The number of benzene rings is 2. The summed E-state index contributed by atoms with van der Waals surface area (Å²) in [5.74, 6) is 0. The van der Waals surface area contributed by atoms with Gasteiger partial charge in [-0.15, -0.1) is 0 Å². The van der Waals surface area contributed by atoms with Gasteiger partial charge >= 0.3 is 0 Å². The number of hydrogen-bond acceptors (Lipinski definition) is 2. The number of unbranched alkanes of at least 4 members (excludes halogenated alkanes) is 2. The topological polar surface area (TPSA) is 36.7 Å². The van der Waals surface area contributed by atoms with Gasteiger partial charge in [0.1, 0.15) is 0 Å². The van der Waals surface area contributed by atoms with Gasteiger partial charge in [-0.05, 0) is 42.2 Å². The molecule has 0 saturated heterocycles. The second-order valence-corrected chi connectivity index (χ2v) is 6.28. The smallest absolute Gasteiger partial charge is 0.0991 e. The normalized spacial score (nSPS) is 10.4. The molecule has 2 aromatic carbocycles. The summed E-state index contributed by atoms with van der Waals surface area (Å²) in [5.41, 5.74) is 6.33. The highest BCUT2D eigenvalue weighted by atomic mass is 14.7. The van der Waals surface area contributed by atoms with E-state index in [0.717, 1.165) is 23.2 Å². The second-order valence-electron chi connectivity index (χ2n) is 6.28. The summed E-state index contributed by atoms with van der Waals surface area (Å²) in [6.45, 7) is 2.23. The van der Waals surface area contributed by atoms with Crippen molar-refractivity contribution in [1.29, 1.82) is 5.26 Å². The number of aromatic nitrogens is 1. The quantitative estimate of drug-likeness (QED) is 0.519. The molecule has 0 aliphatic carbocycles. The highest BCUT2D eigenvalue weighted by Crippen LogP contribution is 2.23. The first-order valence-electron chi connectivity index (χ1n) is 8.86. The molecule has 1 aromatic heterocycles. The molecule has 0 N–H and O–H groups in total. The standard InChI is InChI=1S/C23H22N2/c1-2-3-4-5-18-6-10-20(11-7-18)22-14-15-23(25-17-22)21-12-8-19(16-24)9-13-21/h6-15,17H,2-5H2,1H3. The zero-order valence-electron chi connectivity index (χ0n) is 14.6. The molecule has 0 amide bonds. The Bertz CT molecular complexity index is 839. The van der Waals surface area contributed by atoms with E-state index in [2.05, 4.69) is 48.3 Å². The lowest BCUT2D eigenvalue weighted by atomic mass is 10.0. The average molecular weight is 326 g/mol. The van der Waals surface area contributed by atoms with Crippen LogP contribution in [-0.4, -0.2) is 4.98 Å². The average Bonchev–Trinajstić information content (AvgIpc) is 2.69. The zero-order chi connectivity index (χ0) is 17.5. The van der Waals surface area contributed by atoms with E-state index in [1.165, 1.54) is 30.4 Å². The molecule has 1 heterocycles. The van der Waals surface area contributed by atoms with E-state index in [0.29, 0.717) is 5.56 Å². The predicted octanol–water partition coefficient (Wildman–Crippen LogP) is 6.02. The number of aryl methyl sites for hydroxylation is 1. The van der Waals surface area contributed by atoms with Crippen LogP contribution in [0.2, 0.25) is 0 Å². The van der Waals surface area contributed by atoms with Gasteiger partial charge in [0.15, 0.2) is 0 Å². The fraction of sp³-hybridized carbons (Fsp3) is 0.217. The largest absolute Gasteiger partial charge is 0.256 e. The minimum absolute atomic E-state index is 0.666. The number of hydrogen-bond donors (Lipinski definition) is 0. The maximum absolute atomic E-state index is 8.88. The third-order valence-corrected chi connectivity index (χ3v) is 4.43. The predicted molar refractivity (Wildman–Crippen MR) is 103 cm³/mol. The number of pyridine rings is 1. The molecule has 3 rings (SSSR count). The van der Waals surface area contributed by atoms with E-state index in [1.807, 2.05) is 36.5 Å². The molecule has 0 aliphatic heterocycles. The van der Waals surface area contributed by atoms with Crippen LogP contribution < -0.4 is 0 Å². The van der Waals surface area contributed by atoms with Crippen LogP contribution in [0.3, 0.4) is 0 Å². The molecule has 0 atom stereocenters. The molecule has 3 aromatic rings. The second kappa shape index (κ2) is 8.26. The van der Waals surface area contributed by atoms with Gasteiger partial charge in [-0.2, -0.15) is 5.26 Å². The fourth-order valence-electron chi connectivity index (χ4n) is 2.89. The third kappa shape index (κ3) is 4.33. The molecule has 0 unspecified atom stereocenters. The maximum atomic E-state index is 8.88. The maximum Gasteiger partial charge on any atom is 0.0991 e. The van der Waals surface area contributed by atoms with Crippen molar-refractivity contribution in [3.63, 3.8) is 0 Å². The SMILES string of the molecule is CCCCCc1ccc(-c2ccc(-c3ccc(C#N)cc3)nc2)cc1. The van der Waals surface area contributed by atoms with E-state index >= 15 is 0 Å². The summed E-state index contributed by atoms with van der Waals surface area (Å²) in [6, 6.07) is 22.6. The number of nitrogens with zero attached hydrogens (tertiary/aromatic N) is 2. The highest BCUT2D eigenvalue weighted by Gasteiger charge is 2.03. The molecular weight excluding hydrogens is 304 g/mol. The van der Waals surface area contributed by atoms with Crippen LogP contribution in [-0.2, 0) is 6.42 Å². The number of rotatable bonds is 6. The molecule has 25 heavy (non-hydrogen) atoms. The Balaban J connectivity index is 1.72. The molecule has 0 spiro atoms.